The normalized spacial score (nSPS) is 54.8. The number of ether oxygens (including phenoxy) is 6. The molecule has 19 atom stereocenters. The Bertz CT molecular complexity index is 851. The van der Waals surface area contributed by atoms with Crippen LogP contribution in [0, 0.1) is 0 Å². The summed E-state index contributed by atoms with van der Waals surface area (Å²) < 4.78 is 34.9. The maximum Gasteiger partial charge on any atom is 0.187 e. The second-order valence-corrected chi connectivity index (χ2v) is 11.2. The van der Waals surface area contributed by atoms with Gasteiger partial charge < -0.3 is 93.5 Å². The summed E-state index contributed by atoms with van der Waals surface area (Å²) in [6, 6.07) is -3.97. The smallest absolute Gasteiger partial charge is 0.187 e. The minimum absolute atomic E-state index is 0.117. The first-order valence-electron chi connectivity index (χ1n) is 13.7. The molecule has 0 aromatic heterocycles. The molecule has 3 aliphatic heterocycles. The van der Waals surface area contributed by atoms with Gasteiger partial charge >= 0.3 is 0 Å². The van der Waals surface area contributed by atoms with Crippen molar-refractivity contribution in [3.05, 3.63) is 0 Å². The van der Waals surface area contributed by atoms with Crippen molar-refractivity contribution in [2.75, 3.05) is 13.1 Å². The third-order valence-electron chi connectivity index (χ3n) is 8.33. The molecule has 0 amide bonds. The van der Waals surface area contributed by atoms with Crippen molar-refractivity contribution in [2.24, 2.45) is 34.4 Å². The zero-order valence-corrected chi connectivity index (χ0v) is 22.7. The van der Waals surface area contributed by atoms with Gasteiger partial charge in [0.2, 0.25) is 0 Å². The van der Waals surface area contributed by atoms with Crippen LogP contribution >= 0.6 is 0 Å². The molecule has 1 saturated carbocycles. The standard InChI is InChI=1S/C23H46N6O12/c1-5-18(39-21-10(28)15(33)13(31)8(3-24)37-21)17(35)23(36-5)41-20-12(30)6(26)2-7(27)19(20)40-22-11(29)16(34)14(32)9(4-25)38-22/h5-23,30-35H,2-4,24-29H2,1H3/t5-,6-,7?,8+,9?,10?,11+,12-,13-,14-,15?,16?,17?,18+,19-,20?,21-,22-,23+/m1/s1. The summed E-state index contributed by atoms with van der Waals surface area (Å²) in [5.74, 6) is 0. The lowest BCUT2D eigenvalue weighted by Crippen LogP contribution is -2.68. The first-order valence-corrected chi connectivity index (χ1v) is 13.7. The lowest BCUT2D eigenvalue weighted by atomic mass is 9.84. The summed E-state index contributed by atoms with van der Waals surface area (Å²) >= 11 is 0. The van der Waals surface area contributed by atoms with Crippen LogP contribution in [-0.4, -0.2) is 160 Å². The number of hydrogen-bond acceptors (Lipinski definition) is 18. The number of aliphatic hydroxyl groups excluding tert-OH is 6. The van der Waals surface area contributed by atoms with Crippen LogP contribution in [0.1, 0.15) is 13.3 Å². The Kier molecular flexibility index (Phi) is 10.9. The molecule has 0 aromatic carbocycles. The van der Waals surface area contributed by atoms with E-state index >= 15 is 0 Å². The van der Waals surface area contributed by atoms with E-state index in [1.54, 1.807) is 6.92 Å². The Balaban J connectivity index is 1.47. The SMILES string of the molecule is C[C@H]1O[C@@H](OC2[C@H](O[C@H]3OC(CN)[C@@H](O)C(O)[C@@H]3N)C(N)C[C@@H](N)[C@H]2O)C(O)[C@H]1O[C@H]1O[C@@H](CN)[C@@H](O)C(O)C1N. The summed E-state index contributed by atoms with van der Waals surface area (Å²) in [7, 11) is 0. The fourth-order valence-electron chi connectivity index (χ4n) is 5.72. The summed E-state index contributed by atoms with van der Waals surface area (Å²) in [5, 5.41) is 63.0. The van der Waals surface area contributed by atoms with Gasteiger partial charge in [-0.25, -0.2) is 0 Å². The lowest BCUT2D eigenvalue weighted by molar-refractivity contribution is -0.306. The van der Waals surface area contributed by atoms with Crippen LogP contribution in [0.5, 0.6) is 0 Å². The molecule has 0 radical (unpaired) electrons. The predicted molar refractivity (Wildman–Crippen MR) is 137 cm³/mol. The van der Waals surface area contributed by atoms with E-state index in [-0.39, 0.29) is 19.5 Å². The summed E-state index contributed by atoms with van der Waals surface area (Å²) in [5.41, 5.74) is 35.7. The Morgan fingerprint density at radius 2 is 1.02 bits per heavy atom. The molecular formula is C23H46N6O12. The number of hydrogen-bond donors (Lipinski definition) is 12. The van der Waals surface area contributed by atoms with Crippen LogP contribution in [0.3, 0.4) is 0 Å². The van der Waals surface area contributed by atoms with Gasteiger partial charge in [-0.2, -0.15) is 0 Å². The molecule has 18 N–H and O–H groups in total. The van der Waals surface area contributed by atoms with Crippen molar-refractivity contribution in [3.63, 3.8) is 0 Å². The molecule has 41 heavy (non-hydrogen) atoms. The first-order chi connectivity index (χ1) is 19.3. The molecule has 3 saturated heterocycles. The summed E-state index contributed by atoms with van der Waals surface area (Å²) in [6.07, 6.45) is -18.2. The monoisotopic (exact) mass is 598 g/mol. The van der Waals surface area contributed by atoms with Crippen molar-refractivity contribution in [1.29, 1.82) is 0 Å². The number of aliphatic hydroxyl groups is 6. The van der Waals surface area contributed by atoms with Gasteiger partial charge in [0.1, 0.15) is 61.0 Å². The number of rotatable bonds is 8. The van der Waals surface area contributed by atoms with Gasteiger partial charge in [0.05, 0.1) is 24.3 Å². The van der Waals surface area contributed by atoms with E-state index in [0.29, 0.717) is 0 Å². The van der Waals surface area contributed by atoms with Gasteiger partial charge in [-0.05, 0) is 13.3 Å². The lowest BCUT2D eigenvalue weighted by Gasteiger charge is -2.47. The van der Waals surface area contributed by atoms with Crippen molar-refractivity contribution >= 4 is 0 Å². The molecule has 3 heterocycles. The quantitative estimate of drug-likeness (QED) is 0.123. The van der Waals surface area contributed by atoms with E-state index in [9.17, 15) is 30.6 Å². The zero-order valence-electron chi connectivity index (χ0n) is 22.7. The molecule has 7 unspecified atom stereocenters. The molecule has 4 fully saturated rings. The van der Waals surface area contributed by atoms with Gasteiger partial charge in [0.25, 0.3) is 0 Å². The topological polar surface area (TPSA) is 333 Å². The van der Waals surface area contributed by atoms with Gasteiger partial charge in [-0.15, -0.1) is 0 Å². The molecule has 18 nitrogen and oxygen atoms in total. The van der Waals surface area contributed by atoms with Gasteiger partial charge in [-0.1, -0.05) is 0 Å². The Morgan fingerprint density at radius 3 is 1.51 bits per heavy atom. The average molecular weight is 599 g/mol. The molecule has 0 bridgehead atoms. The summed E-state index contributed by atoms with van der Waals surface area (Å²) in [4.78, 5) is 0. The third-order valence-corrected chi connectivity index (χ3v) is 8.33. The maximum absolute atomic E-state index is 11.1. The minimum Gasteiger partial charge on any atom is -0.389 e. The van der Waals surface area contributed by atoms with Crippen molar-refractivity contribution in [1.82, 2.24) is 0 Å². The molecule has 0 spiro atoms. The second-order valence-electron chi connectivity index (χ2n) is 11.2. The van der Waals surface area contributed by atoms with E-state index in [1.165, 1.54) is 0 Å². The molecule has 1 aliphatic carbocycles. The molecular weight excluding hydrogens is 552 g/mol. The highest BCUT2D eigenvalue weighted by Gasteiger charge is 2.53. The van der Waals surface area contributed by atoms with E-state index in [0.717, 1.165) is 0 Å². The fourth-order valence-corrected chi connectivity index (χ4v) is 5.72. The highest BCUT2D eigenvalue weighted by Crippen LogP contribution is 2.34. The Morgan fingerprint density at radius 1 is 0.561 bits per heavy atom. The predicted octanol–water partition coefficient (Wildman–Crippen LogP) is -7.87. The Labute approximate surface area is 236 Å². The van der Waals surface area contributed by atoms with E-state index in [2.05, 4.69) is 0 Å². The number of nitrogens with two attached hydrogens (primary N) is 6. The largest absolute Gasteiger partial charge is 0.389 e. The van der Waals surface area contributed by atoms with Crippen LogP contribution in [-0.2, 0) is 28.4 Å². The molecule has 4 rings (SSSR count). The van der Waals surface area contributed by atoms with Gasteiger partial charge in [0.15, 0.2) is 18.9 Å². The van der Waals surface area contributed by atoms with Crippen molar-refractivity contribution in [2.45, 2.75) is 130 Å². The first kappa shape index (κ1) is 33.2. The average Bonchev–Trinajstić information content (AvgIpc) is 3.20. The summed E-state index contributed by atoms with van der Waals surface area (Å²) in [6.45, 7) is 1.34. The van der Waals surface area contributed by atoms with Crippen molar-refractivity contribution in [3.8, 4) is 0 Å². The van der Waals surface area contributed by atoms with E-state index < -0.39 is 116 Å². The molecule has 4 aliphatic rings. The Hall–Kier alpha value is -0.720. The van der Waals surface area contributed by atoms with E-state index in [1.807, 2.05) is 0 Å². The highest BCUT2D eigenvalue weighted by molar-refractivity contribution is 5.02. The van der Waals surface area contributed by atoms with Crippen molar-refractivity contribution < 1.29 is 59.1 Å². The second kappa shape index (κ2) is 13.5. The maximum atomic E-state index is 11.1. The third kappa shape index (κ3) is 6.55. The van der Waals surface area contributed by atoms with Gasteiger partial charge in [0, 0.05) is 25.2 Å². The zero-order chi connectivity index (χ0) is 30.3. The van der Waals surface area contributed by atoms with Crippen LogP contribution in [0.2, 0.25) is 0 Å². The molecule has 18 heteroatoms. The van der Waals surface area contributed by atoms with Crippen LogP contribution < -0.4 is 34.4 Å². The van der Waals surface area contributed by atoms with Crippen LogP contribution in [0.15, 0.2) is 0 Å². The van der Waals surface area contributed by atoms with Crippen LogP contribution in [0.25, 0.3) is 0 Å². The minimum atomic E-state index is -1.45. The highest BCUT2D eigenvalue weighted by atomic mass is 16.8. The van der Waals surface area contributed by atoms with Gasteiger partial charge in [-0.3, -0.25) is 0 Å². The molecule has 0 aromatic rings. The molecule has 240 valence electrons. The van der Waals surface area contributed by atoms with E-state index in [4.69, 9.17) is 62.8 Å². The fraction of sp³-hybridized carbons (Fsp3) is 1.00. The van der Waals surface area contributed by atoms with Crippen LogP contribution in [0.4, 0.5) is 0 Å².